The van der Waals surface area contributed by atoms with E-state index in [1.165, 1.54) is 32.2 Å². The normalized spacial score (nSPS) is 12.4. The Balaban J connectivity index is 1.81. The Kier molecular flexibility index (Phi) is 8.42. The number of carbonyl (C=O) groups excluding carboxylic acids is 1. The van der Waals surface area contributed by atoms with E-state index in [-0.39, 0.29) is 18.1 Å². The van der Waals surface area contributed by atoms with Gasteiger partial charge in [0.2, 0.25) is 16.8 Å². The SMILES string of the molecule is Cc1ccc(Nc2nc(C(F)(F)F)ccc2CNC(=O)C(C)c2ccc(N(C)[SH](=O)=O)c(F)c2)cc1C. The molecule has 0 fully saturated rings. The number of pyridine rings is 1. The van der Waals surface area contributed by atoms with Crippen LogP contribution >= 0.6 is 0 Å². The maximum Gasteiger partial charge on any atom is 0.433 e. The fourth-order valence-corrected chi connectivity index (χ4v) is 3.82. The first-order valence-corrected chi connectivity index (χ1v) is 12.3. The lowest BCUT2D eigenvalue weighted by molar-refractivity contribution is -0.141. The lowest BCUT2D eigenvalue weighted by atomic mass is 9.99. The van der Waals surface area contributed by atoms with E-state index in [4.69, 9.17) is 0 Å². The summed E-state index contributed by atoms with van der Waals surface area (Å²) >= 11 is 0. The van der Waals surface area contributed by atoms with E-state index in [0.29, 0.717) is 16.8 Å². The Bertz CT molecular complexity index is 1380. The van der Waals surface area contributed by atoms with E-state index in [9.17, 15) is 30.8 Å². The number of halogens is 4. The Morgan fingerprint density at radius 2 is 1.76 bits per heavy atom. The van der Waals surface area contributed by atoms with Gasteiger partial charge in [0.1, 0.15) is 17.3 Å². The number of alkyl halides is 3. The van der Waals surface area contributed by atoms with Crippen LogP contribution in [-0.2, 0) is 28.4 Å². The maximum atomic E-state index is 14.4. The highest BCUT2D eigenvalue weighted by Crippen LogP contribution is 2.31. The van der Waals surface area contributed by atoms with Gasteiger partial charge in [-0.05, 0) is 67.8 Å². The van der Waals surface area contributed by atoms with Crippen LogP contribution < -0.4 is 14.9 Å². The first-order valence-electron chi connectivity index (χ1n) is 11.1. The number of aryl methyl sites for hydroxylation is 2. The van der Waals surface area contributed by atoms with Crippen molar-refractivity contribution in [2.24, 2.45) is 0 Å². The van der Waals surface area contributed by atoms with E-state index in [1.54, 1.807) is 12.1 Å². The summed E-state index contributed by atoms with van der Waals surface area (Å²) in [5, 5.41) is 5.55. The lowest BCUT2D eigenvalue weighted by Crippen LogP contribution is -2.28. The topological polar surface area (TPSA) is 91.4 Å². The van der Waals surface area contributed by atoms with Crippen LogP contribution in [0.4, 0.5) is 34.8 Å². The average Bonchev–Trinajstić information content (AvgIpc) is 2.83. The minimum atomic E-state index is -4.65. The number of benzene rings is 2. The van der Waals surface area contributed by atoms with Gasteiger partial charge in [-0.1, -0.05) is 18.2 Å². The van der Waals surface area contributed by atoms with Crippen LogP contribution in [0.5, 0.6) is 0 Å². The molecule has 7 nitrogen and oxygen atoms in total. The van der Waals surface area contributed by atoms with Crippen LogP contribution in [0, 0.1) is 19.7 Å². The predicted octanol–water partition coefficient (Wildman–Crippen LogP) is 4.98. The minimum absolute atomic E-state index is 0.0591. The Morgan fingerprint density at radius 1 is 1.05 bits per heavy atom. The number of thiol groups is 1. The molecular weight excluding hydrogens is 512 g/mol. The van der Waals surface area contributed by atoms with Gasteiger partial charge >= 0.3 is 6.18 Å². The summed E-state index contributed by atoms with van der Waals surface area (Å²) in [6, 6.07) is 11.1. The lowest BCUT2D eigenvalue weighted by Gasteiger charge is -2.18. The summed E-state index contributed by atoms with van der Waals surface area (Å²) in [6.45, 7) is 5.17. The summed E-state index contributed by atoms with van der Waals surface area (Å²) in [6.07, 6.45) is -4.65. The molecule has 0 aliphatic carbocycles. The number of amides is 1. The van der Waals surface area contributed by atoms with Gasteiger partial charge in [-0.15, -0.1) is 0 Å². The van der Waals surface area contributed by atoms with Crippen molar-refractivity contribution in [3.05, 3.63) is 82.3 Å². The molecule has 1 heterocycles. The van der Waals surface area contributed by atoms with Crippen LogP contribution in [0.3, 0.4) is 0 Å². The number of hydrogen-bond acceptors (Lipinski definition) is 5. The van der Waals surface area contributed by atoms with Crippen molar-refractivity contribution >= 4 is 34.0 Å². The van der Waals surface area contributed by atoms with Crippen molar-refractivity contribution < 1.29 is 30.8 Å². The molecule has 37 heavy (non-hydrogen) atoms. The Labute approximate surface area is 213 Å². The number of aromatic nitrogens is 1. The molecule has 3 aromatic rings. The molecule has 0 aliphatic heterocycles. The molecular formula is C25H26F4N4O3S. The zero-order valence-electron chi connectivity index (χ0n) is 20.5. The third-order valence-corrected chi connectivity index (χ3v) is 6.66. The van der Waals surface area contributed by atoms with Crippen molar-refractivity contribution in [2.75, 3.05) is 16.7 Å². The molecule has 0 saturated carbocycles. The van der Waals surface area contributed by atoms with Gasteiger partial charge in [0.15, 0.2) is 0 Å². The summed E-state index contributed by atoms with van der Waals surface area (Å²) < 4.78 is 77.3. The predicted molar refractivity (Wildman–Crippen MR) is 134 cm³/mol. The third kappa shape index (κ3) is 6.76. The van der Waals surface area contributed by atoms with E-state index >= 15 is 0 Å². The van der Waals surface area contributed by atoms with Gasteiger partial charge in [0.25, 0.3) is 0 Å². The quantitative estimate of drug-likeness (QED) is 0.278. The summed E-state index contributed by atoms with van der Waals surface area (Å²) in [5.74, 6) is -2.21. The molecule has 1 amide bonds. The van der Waals surface area contributed by atoms with Crippen molar-refractivity contribution in [3.8, 4) is 0 Å². The number of carbonyl (C=O) groups is 1. The van der Waals surface area contributed by atoms with Gasteiger partial charge < -0.3 is 10.6 Å². The minimum Gasteiger partial charge on any atom is -0.351 e. The molecule has 0 radical (unpaired) electrons. The molecule has 12 heteroatoms. The van der Waals surface area contributed by atoms with Crippen LogP contribution in [0.25, 0.3) is 0 Å². The Morgan fingerprint density at radius 3 is 2.35 bits per heavy atom. The molecule has 1 atom stereocenters. The van der Waals surface area contributed by atoms with Crippen molar-refractivity contribution in [1.82, 2.24) is 10.3 Å². The highest BCUT2D eigenvalue weighted by molar-refractivity contribution is 7.74. The van der Waals surface area contributed by atoms with Gasteiger partial charge in [-0.25, -0.2) is 17.8 Å². The van der Waals surface area contributed by atoms with Gasteiger partial charge in [-0.2, -0.15) is 13.2 Å². The number of rotatable bonds is 8. The molecule has 2 N–H and O–H groups in total. The van der Waals surface area contributed by atoms with E-state index in [2.05, 4.69) is 15.6 Å². The number of nitrogens with zero attached hydrogens (tertiary/aromatic N) is 2. The van der Waals surface area contributed by atoms with Gasteiger partial charge in [-0.3, -0.25) is 9.10 Å². The number of hydrogen-bond donors (Lipinski definition) is 3. The molecule has 0 saturated heterocycles. The number of nitrogens with one attached hydrogen (secondary N) is 2. The second-order valence-corrected chi connectivity index (χ2v) is 9.61. The zero-order valence-corrected chi connectivity index (χ0v) is 21.4. The van der Waals surface area contributed by atoms with Crippen LogP contribution in [0.2, 0.25) is 0 Å². The first kappa shape index (κ1) is 27.9. The molecule has 198 valence electrons. The molecule has 3 rings (SSSR count). The highest BCUT2D eigenvalue weighted by Gasteiger charge is 2.33. The zero-order chi connectivity index (χ0) is 27.5. The summed E-state index contributed by atoms with van der Waals surface area (Å²) in [7, 11) is -1.83. The average molecular weight is 539 g/mol. The standard InChI is InChI=1S/C25H26F4N4O3S/c1-14-5-8-19(11-15(14)2)31-23-18(7-10-22(32-23)25(27,28)29)13-30-24(34)16(3)17-6-9-21(20(26)12-17)33(4)37(35)36/h5-12,16,37H,13H2,1-4H3,(H,30,34)(H,31,32). The highest BCUT2D eigenvalue weighted by atomic mass is 32.2. The molecule has 0 aliphatic rings. The molecule has 0 spiro atoms. The van der Waals surface area contributed by atoms with E-state index < -0.39 is 40.4 Å². The first-order chi connectivity index (χ1) is 17.3. The fourth-order valence-electron chi connectivity index (χ4n) is 3.48. The fraction of sp³-hybridized carbons (Fsp3) is 0.280. The van der Waals surface area contributed by atoms with Crippen molar-refractivity contribution in [2.45, 2.75) is 39.4 Å². The number of anilines is 3. The van der Waals surface area contributed by atoms with Crippen molar-refractivity contribution in [1.29, 1.82) is 0 Å². The molecule has 2 aromatic carbocycles. The van der Waals surface area contributed by atoms with Crippen LogP contribution in [0.1, 0.15) is 40.8 Å². The van der Waals surface area contributed by atoms with E-state index in [1.807, 2.05) is 19.9 Å². The third-order valence-electron chi connectivity index (χ3n) is 5.95. The van der Waals surface area contributed by atoms with Crippen LogP contribution in [0.15, 0.2) is 48.5 Å². The van der Waals surface area contributed by atoms with Crippen LogP contribution in [-0.4, -0.2) is 26.4 Å². The maximum absolute atomic E-state index is 14.4. The second kappa shape index (κ2) is 11.2. The smallest absolute Gasteiger partial charge is 0.351 e. The van der Waals surface area contributed by atoms with Gasteiger partial charge in [0.05, 0.1) is 11.6 Å². The molecule has 0 bridgehead atoms. The molecule has 1 unspecified atom stereocenters. The monoisotopic (exact) mass is 538 g/mol. The largest absolute Gasteiger partial charge is 0.433 e. The van der Waals surface area contributed by atoms with Crippen molar-refractivity contribution in [3.63, 3.8) is 0 Å². The summed E-state index contributed by atoms with van der Waals surface area (Å²) in [4.78, 5) is 16.5. The summed E-state index contributed by atoms with van der Waals surface area (Å²) in [5.41, 5.74) is 1.86. The van der Waals surface area contributed by atoms with Gasteiger partial charge in [0, 0.05) is 24.8 Å². The second-order valence-electron chi connectivity index (χ2n) is 8.54. The molecule has 1 aromatic heterocycles. The Hall–Kier alpha value is -3.67. The van der Waals surface area contributed by atoms with E-state index in [0.717, 1.165) is 27.6 Å².